The lowest BCUT2D eigenvalue weighted by atomic mass is 10.3. The number of hydrogen-bond donors (Lipinski definition) is 2. The minimum atomic E-state index is -4.05. The monoisotopic (exact) mass is 273 g/mol. The number of H-pyrrole nitrogens is 1. The molecule has 96 valence electrons. The standard InChI is InChI=1S/C10H9F2N3O2S/c1-6-5-13-14-10(6)15-18(16,17)9-3-7(11)2-8(12)4-9/h2-5H,1H3,(H2,13,14,15). The van der Waals surface area contributed by atoms with Gasteiger partial charge in [0.05, 0.1) is 11.1 Å². The third kappa shape index (κ3) is 2.48. The number of aryl methyl sites for hydroxylation is 1. The lowest BCUT2D eigenvalue weighted by Gasteiger charge is -2.07. The SMILES string of the molecule is Cc1cn[nH]c1NS(=O)(=O)c1cc(F)cc(F)c1. The van der Waals surface area contributed by atoms with Crippen molar-refractivity contribution in [3.8, 4) is 0 Å². The lowest BCUT2D eigenvalue weighted by molar-refractivity contribution is 0.568. The fraction of sp³-hybridized carbons (Fsp3) is 0.100. The molecule has 5 nitrogen and oxygen atoms in total. The van der Waals surface area contributed by atoms with Crippen LogP contribution in [0.15, 0.2) is 29.3 Å². The van der Waals surface area contributed by atoms with Crippen molar-refractivity contribution in [1.82, 2.24) is 10.2 Å². The molecule has 0 bridgehead atoms. The molecule has 1 heterocycles. The number of aromatic nitrogens is 2. The molecule has 0 aliphatic carbocycles. The fourth-order valence-corrected chi connectivity index (χ4v) is 2.46. The molecule has 18 heavy (non-hydrogen) atoms. The van der Waals surface area contributed by atoms with Crippen molar-refractivity contribution in [2.45, 2.75) is 11.8 Å². The highest BCUT2D eigenvalue weighted by Crippen LogP contribution is 2.18. The Morgan fingerprint density at radius 3 is 2.33 bits per heavy atom. The molecule has 0 saturated heterocycles. The summed E-state index contributed by atoms with van der Waals surface area (Å²) in [5.74, 6) is -1.77. The summed E-state index contributed by atoms with van der Waals surface area (Å²) in [7, 11) is -4.05. The molecule has 1 aromatic heterocycles. The number of hydrogen-bond acceptors (Lipinski definition) is 3. The van der Waals surface area contributed by atoms with E-state index in [9.17, 15) is 17.2 Å². The molecule has 0 saturated carbocycles. The minimum Gasteiger partial charge on any atom is -0.264 e. The molecule has 0 unspecified atom stereocenters. The predicted octanol–water partition coefficient (Wildman–Crippen LogP) is 1.80. The van der Waals surface area contributed by atoms with Gasteiger partial charge in [0.15, 0.2) is 0 Å². The number of anilines is 1. The molecular formula is C10H9F2N3O2S. The van der Waals surface area contributed by atoms with Crippen LogP contribution in [0.5, 0.6) is 0 Å². The summed E-state index contributed by atoms with van der Waals surface area (Å²) in [5, 5.41) is 6.07. The Balaban J connectivity index is 2.40. The van der Waals surface area contributed by atoms with E-state index in [0.717, 1.165) is 12.1 Å². The average molecular weight is 273 g/mol. The van der Waals surface area contributed by atoms with Gasteiger partial charge in [-0.05, 0) is 19.1 Å². The van der Waals surface area contributed by atoms with Crippen LogP contribution in [0.25, 0.3) is 0 Å². The molecule has 0 spiro atoms. The van der Waals surface area contributed by atoms with Crippen LogP contribution in [0.2, 0.25) is 0 Å². The van der Waals surface area contributed by atoms with Gasteiger partial charge in [-0.25, -0.2) is 17.2 Å². The Hall–Kier alpha value is -1.96. The summed E-state index contributed by atoms with van der Waals surface area (Å²) in [6.45, 7) is 1.63. The van der Waals surface area contributed by atoms with E-state index in [1.165, 1.54) is 6.20 Å². The molecule has 8 heteroatoms. The summed E-state index contributed by atoms with van der Waals surface area (Å²) in [5.41, 5.74) is 0.565. The van der Waals surface area contributed by atoms with E-state index in [2.05, 4.69) is 14.9 Å². The number of sulfonamides is 1. The van der Waals surface area contributed by atoms with Gasteiger partial charge in [-0.15, -0.1) is 0 Å². The van der Waals surface area contributed by atoms with Crippen molar-refractivity contribution in [2.75, 3.05) is 4.72 Å². The largest absolute Gasteiger partial charge is 0.264 e. The van der Waals surface area contributed by atoms with E-state index in [0.29, 0.717) is 11.6 Å². The van der Waals surface area contributed by atoms with Crippen molar-refractivity contribution >= 4 is 15.8 Å². The highest BCUT2D eigenvalue weighted by molar-refractivity contribution is 7.92. The number of benzene rings is 1. The van der Waals surface area contributed by atoms with Crippen LogP contribution in [0.3, 0.4) is 0 Å². The Morgan fingerprint density at radius 2 is 1.83 bits per heavy atom. The van der Waals surface area contributed by atoms with Crippen LogP contribution < -0.4 is 4.72 Å². The second-order valence-electron chi connectivity index (χ2n) is 3.64. The maximum atomic E-state index is 13.0. The van der Waals surface area contributed by atoms with E-state index in [4.69, 9.17) is 0 Å². The summed E-state index contributed by atoms with van der Waals surface area (Å²) >= 11 is 0. The van der Waals surface area contributed by atoms with Crippen molar-refractivity contribution < 1.29 is 17.2 Å². The molecule has 2 N–H and O–H groups in total. The first-order valence-electron chi connectivity index (χ1n) is 4.87. The van der Waals surface area contributed by atoms with Crippen LogP contribution in [0.1, 0.15) is 5.56 Å². The number of aromatic amines is 1. The van der Waals surface area contributed by atoms with Gasteiger partial charge < -0.3 is 0 Å². The van der Waals surface area contributed by atoms with E-state index >= 15 is 0 Å². The summed E-state index contributed by atoms with van der Waals surface area (Å²) in [6.07, 6.45) is 1.42. The Labute approximate surface area is 102 Å². The molecule has 2 aromatic rings. The van der Waals surface area contributed by atoms with Gasteiger partial charge in [-0.2, -0.15) is 5.10 Å². The van der Waals surface area contributed by atoms with Gasteiger partial charge >= 0.3 is 0 Å². The molecule has 1 aromatic carbocycles. The van der Waals surface area contributed by atoms with Crippen molar-refractivity contribution in [3.05, 3.63) is 41.6 Å². The first-order valence-corrected chi connectivity index (χ1v) is 6.36. The molecule has 0 fully saturated rings. The Kier molecular flexibility index (Phi) is 3.04. The molecule has 0 aliphatic heterocycles. The summed E-state index contributed by atoms with van der Waals surface area (Å²) < 4.78 is 51.8. The van der Waals surface area contributed by atoms with Crippen molar-refractivity contribution in [2.24, 2.45) is 0 Å². The number of rotatable bonds is 3. The van der Waals surface area contributed by atoms with Crippen LogP contribution in [0.4, 0.5) is 14.6 Å². The number of nitrogens with one attached hydrogen (secondary N) is 2. The predicted molar refractivity (Wildman–Crippen MR) is 60.5 cm³/mol. The van der Waals surface area contributed by atoms with Crippen molar-refractivity contribution in [1.29, 1.82) is 0 Å². The maximum Gasteiger partial charge on any atom is 0.263 e. The summed E-state index contributed by atoms with van der Waals surface area (Å²) in [6, 6.07) is 2.06. The lowest BCUT2D eigenvalue weighted by Crippen LogP contribution is -2.14. The van der Waals surface area contributed by atoms with Gasteiger partial charge in [-0.3, -0.25) is 9.82 Å². The van der Waals surface area contributed by atoms with Crippen molar-refractivity contribution in [3.63, 3.8) is 0 Å². The highest BCUT2D eigenvalue weighted by Gasteiger charge is 2.18. The van der Waals surface area contributed by atoms with Gasteiger partial charge in [0.2, 0.25) is 0 Å². The summed E-state index contributed by atoms with van der Waals surface area (Å²) in [4.78, 5) is -0.492. The number of halogens is 2. The third-order valence-electron chi connectivity index (χ3n) is 2.21. The average Bonchev–Trinajstić information content (AvgIpc) is 2.62. The van der Waals surface area contributed by atoms with Crippen LogP contribution in [-0.2, 0) is 10.0 Å². The van der Waals surface area contributed by atoms with Gasteiger partial charge in [0.1, 0.15) is 17.5 Å². The highest BCUT2D eigenvalue weighted by atomic mass is 32.2. The minimum absolute atomic E-state index is 0.152. The molecule has 2 rings (SSSR count). The van der Waals surface area contributed by atoms with Crippen LogP contribution >= 0.6 is 0 Å². The Morgan fingerprint density at radius 1 is 1.22 bits per heavy atom. The van der Waals surface area contributed by atoms with E-state index in [-0.39, 0.29) is 5.82 Å². The van der Waals surface area contributed by atoms with E-state index < -0.39 is 26.6 Å². The van der Waals surface area contributed by atoms with Gasteiger partial charge in [0.25, 0.3) is 10.0 Å². The molecular weight excluding hydrogens is 264 g/mol. The number of nitrogens with zero attached hydrogens (tertiary/aromatic N) is 1. The van der Waals surface area contributed by atoms with Crippen LogP contribution in [-0.4, -0.2) is 18.6 Å². The second-order valence-corrected chi connectivity index (χ2v) is 5.32. The first kappa shape index (κ1) is 12.5. The fourth-order valence-electron chi connectivity index (χ4n) is 1.33. The van der Waals surface area contributed by atoms with E-state index in [1.54, 1.807) is 6.92 Å². The zero-order valence-electron chi connectivity index (χ0n) is 9.24. The van der Waals surface area contributed by atoms with Gasteiger partial charge in [-0.1, -0.05) is 0 Å². The second kappa shape index (κ2) is 4.37. The first-order chi connectivity index (χ1) is 8.38. The third-order valence-corrected chi connectivity index (χ3v) is 3.54. The Bertz CT molecular complexity index is 662. The molecule has 0 atom stereocenters. The quantitative estimate of drug-likeness (QED) is 0.895. The maximum absolute atomic E-state index is 13.0. The molecule has 0 amide bonds. The van der Waals surface area contributed by atoms with E-state index in [1.807, 2.05) is 0 Å². The normalized spacial score (nSPS) is 11.5. The van der Waals surface area contributed by atoms with Gasteiger partial charge in [0, 0.05) is 11.6 Å². The smallest absolute Gasteiger partial charge is 0.263 e. The zero-order valence-corrected chi connectivity index (χ0v) is 10.1. The zero-order chi connectivity index (χ0) is 13.3. The molecule has 0 radical (unpaired) electrons. The van der Waals surface area contributed by atoms with Crippen LogP contribution in [0, 0.1) is 18.6 Å². The molecule has 0 aliphatic rings. The topological polar surface area (TPSA) is 74.8 Å².